The lowest BCUT2D eigenvalue weighted by molar-refractivity contribution is -0.139. The van der Waals surface area contributed by atoms with Crippen molar-refractivity contribution in [2.45, 2.75) is 38.6 Å². The van der Waals surface area contributed by atoms with E-state index in [1.165, 1.54) is 6.21 Å². The van der Waals surface area contributed by atoms with Crippen LogP contribution in [0, 0.1) is 5.92 Å². The van der Waals surface area contributed by atoms with Gasteiger partial charge in [-0.3, -0.25) is 9.59 Å². The van der Waals surface area contributed by atoms with E-state index in [1.54, 1.807) is 30.3 Å². The Morgan fingerprint density at radius 1 is 1.03 bits per heavy atom. The van der Waals surface area contributed by atoms with Crippen LogP contribution < -0.4 is 16.1 Å². The van der Waals surface area contributed by atoms with Crippen LogP contribution in [0.5, 0.6) is 0 Å². The fourth-order valence-corrected chi connectivity index (χ4v) is 3.82. The third-order valence-electron chi connectivity index (χ3n) is 5.12. The maximum Gasteiger partial charge on any atom is 0.329 e. The van der Waals surface area contributed by atoms with Gasteiger partial charge in [0.05, 0.1) is 6.21 Å². The van der Waals surface area contributed by atoms with Crippen LogP contribution in [0.1, 0.15) is 38.2 Å². The van der Waals surface area contributed by atoms with Crippen molar-refractivity contribution < 1.29 is 9.59 Å². The second-order valence-corrected chi connectivity index (χ2v) is 8.28. The third-order valence-corrected chi connectivity index (χ3v) is 5.59. The van der Waals surface area contributed by atoms with Crippen LogP contribution in [-0.4, -0.2) is 24.1 Å². The topological polar surface area (TPSA) is 82.6 Å². The van der Waals surface area contributed by atoms with E-state index in [1.807, 2.05) is 12.1 Å². The van der Waals surface area contributed by atoms with Gasteiger partial charge in [0, 0.05) is 33.0 Å². The lowest BCUT2D eigenvalue weighted by atomic mass is 9.86. The fraction of sp³-hybridized carbons (Fsp3) is 0.318. The minimum absolute atomic E-state index is 0.0300. The highest BCUT2D eigenvalue weighted by Gasteiger charge is 2.25. The van der Waals surface area contributed by atoms with E-state index in [4.69, 9.17) is 23.2 Å². The first-order valence-corrected chi connectivity index (χ1v) is 10.6. The minimum atomic E-state index is -0.796. The molecule has 0 aliphatic heterocycles. The molecule has 2 aromatic carbocycles. The molecule has 1 saturated carbocycles. The van der Waals surface area contributed by atoms with Crippen LogP contribution >= 0.6 is 23.2 Å². The van der Waals surface area contributed by atoms with Crippen LogP contribution in [0.3, 0.4) is 0 Å². The van der Waals surface area contributed by atoms with Gasteiger partial charge in [0.2, 0.25) is 0 Å². The predicted octanol–water partition coefficient (Wildman–Crippen LogP) is 4.88. The molecule has 158 valence electrons. The molecule has 1 aliphatic rings. The minimum Gasteiger partial charge on any atom is -0.355 e. The molecule has 3 rings (SSSR count). The Balaban J connectivity index is 1.63. The lowest BCUT2D eigenvalue weighted by Crippen LogP contribution is -2.46. The van der Waals surface area contributed by atoms with Gasteiger partial charge in [0.1, 0.15) is 0 Å². The Hall–Kier alpha value is -2.57. The van der Waals surface area contributed by atoms with Crippen LogP contribution in [0.25, 0.3) is 0 Å². The van der Waals surface area contributed by atoms with Gasteiger partial charge in [-0.25, -0.2) is 5.43 Å². The summed E-state index contributed by atoms with van der Waals surface area (Å²) in [6, 6.07) is 12.5. The molecule has 2 aromatic rings. The van der Waals surface area contributed by atoms with E-state index in [0.717, 1.165) is 37.1 Å². The maximum absolute atomic E-state index is 12.2. The van der Waals surface area contributed by atoms with Gasteiger partial charge >= 0.3 is 11.8 Å². The lowest BCUT2D eigenvalue weighted by Gasteiger charge is -2.29. The van der Waals surface area contributed by atoms with Crippen molar-refractivity contribution in [2.24, 2.45) is 11.0 Å². The first kappa shape index (κ1) is 22.1. The average molecular weight is 447 g/mol. The molecule has 0 unspecified atom stereocenters. The number of halogens is 2. The van der Waals surface area contributed by atoms with Gasteiger partial charge in [0.15, 0.2) is 0 Å². The van der Waals surface area contributed by atoms with Gasteiger partial charge in [-0.1, -0.05) is 49.0 Å². The number of hydrogen-bond acceptors (Lipinski definition) is 4. The molecular formula is C22H24Cl2N4O2. The molecule has 0 heterocycles. The quantitative estimate of drug-likeness (QED) is 0.347. The number of amides is 2. The van der Waals surface area contributed by atoms with Crippen LogP contribution in [0.15, 0.2) is 47.6 Å². The highest BCUT2D eigenvalue weighted by atomic mass is 35.5. The zero-order valence-electron chi connectivity index (χ0n) is 16.6. The highest BCUT2D eigenvalue weighted by molar-refractivity contribution is 6.35. The van der Waals surface area contributed by atoms with Gasteiger partial charge in [0.25, 0.3) is 0 Å². The second-order valence-electron chi connectivity index (χ2n) is 7.41. The van der Waals surface area contributed by atoms with E-state index >= 15 is 0 Å². The van der Waals surface area contributed by atoms with E-state index in [-0.39, 0.29) is 6.04 Å². The van der Waals surface area contributed by atoms with Gasteiger partial charge in [-0.2, -0.15) is 5.10 Å². The number of anilines is 2. The average Bonchev–Trinajstić information content (AvgIpc) is 2.71. The first-order chi connectivity index (χ1) is 14.4. The molecule has 2 atom stereocenters. The monoisotopic (exact) mass is 446 g/mol. The Labute approximate surface area is 186 Å². The predicted molar refractivity (Wildman–Crippen MR) is 121 cm³/mol. The van der Waals surface area contributed by atoms with Crippen LogP contribution in [-0.2, 0) is 9.59 Å². The van der Waals surface area contributed by atoms with Crippen LogP contribution in [0.2, 0.25) is 10.0 Å². The smallest absolute Gasteiger partial charge is 0.329 e. The van der Waals surface area contributed by atoms with E-state index in [2.05, 4.69) is 28.1 Å². The molecule has 6 nitrogen and oxygen atoms in total. The summed E-state index contributed by atoms with van der Waals surface area (Å²) in [4.78, 5) is 24.3. The Bertz CT molecular complexity index is 948. The van der Waals surface area contributed by atoms with Crippen molar-refractivity contribution in [3.8, 4) is 0 Å². The van der Waals surface area contributed by atoms with Crippen LogP contribution in [0.4, 0.5) is 11.4 Å². The summed E-state index contributed by atoms with van der Waals surface area (Å²) in [6.45, 7) is 2.09. The molecule has 8 heteroatoms. The van der Waals surface area contributed by atoms with Crippen molar-refractivity contribution >= 4 is 52.6 Å². The number of nitrogens with zero attached hydrogens (tertiary/aromatic N) is 1. The molecule has 30 heavy (non-hydrogen) atoms. The molecule has 0 radical (unpaired) electrons. The summed E-state index contributed by atoms with van der Waals surface area (Å²) in [5.74, 6) is -1.10. The SMILES string of the molecule is C[C@@H]1CCCC[C@@H]1NC(=O)C(=O)N/N=C\c1cc(Cl)ccc1Nc1cccc(Cl)c1. The molecule has 0 saturated heterocycles. The molecule has 0 aromatic heterocycles. The molecule has 1 fully saturated rings. The summed E-state index contributed by atoms with van der Waals surface area (Å²) < 4.78 is 0. The highest BCUT2D eigenvalue weighted by Crippen LogP contribution is 2.25. The standard InChI is InChI=1S/C22H24Cl2N4O2/c1-14-5-2-3-8-19(14)27-21(29)22(30)28-25-13-15-11-17(24)9-10-20(15)26-18-7-4-6-16(23)12-18/h4,6-7,9-14,19,26H,2-3,5,8H2,1H3,(H,27,29)(H,28,30)/b25-13-/t14-,19+/m1/s1. The summed E-state index contributed by atoms with van der Waals surface area (Å²) >= 11 is 12.1. The maximum atomic E-state index is 12.2. The number of carbonyl (C=O) groups excluding carboxylic acids is 2. The molecular weight excluding hydrogens is 423 g/mol. The van der Waals surface area contributed by atoms with Crippen molar-refractivity contribution in [2.75, 3.05) is 5.32 Å². The van der Waals surface area contributed by atoms with Gasteiger partial charge < -0.3 is 10.6 Å². The Morgan fingerprint density at radius 3 is 2.57 bits per heavy atom. The molecule has 0 bridgehead atoms. The number of carbonyl (C=O) groups is 2. The normalized spacial score (nSPS) is 18.8. The summed E-state index contributed by atoms with van der Waals surface area (Å²) in [6.07, 6.45) is 5.61. The Morgan fingerprint density at radius 2 is 1.80 bits per heavy atom. The van der Waals surface area contributed by atoms with E-state index in [9.17, 15) is 9.59 Å². The van der Waals surface area contributed by atoms with Crippen molar-refractivity contribution in [1.29, 1.82) is 0 Å². The third kappa shape index (κ3) is 6.21. The first-order valence-electron chi connectivity index (χ1n) is 9.88. The molecule has 0 spiro atoms. The van der Waals surface area contributed by atoms with Crippen molar-refractivity contribution in [3.05, 3.63) is 58.1 Å². The van der Waals surface area contributed by atoms with Gasteiger partial charge in [-0.05, 0) is 55.2 Å². The summed E-state index contributed by atoms with van der Waals surface area (Å²) in [5, 5.41) is 11.1. The number of hydrogen-bond donors (Lipinski definition) is 3. The van der Waals surface area contributed by atoms with E-state index in [0.29, 0.717) is 21.5 Å². The summed E-state index contributed by atoms with van der Waals surface area (Å²) in [7, 11) is 0. The molecule has 2 amide bonds. The number of benzene rings is 2. The zero-order chi connectivity index (χ0) is 21.5. The van der Waals surface area contributed by atoms with Gasteiger partial charge in [-0.15, -0.1) is 0 Å². The van der Waals surface area contributed by atoms with E-state index < -0.39 is 11.8 Å². The van der Waals surface area contributed by atoms with Crippen molar-refractivity contribution in [3.63, 3.8) is 0 Å². The fourth-order valence-electron chi connectivity index (χ4n) is 3.45. The molecule has 3 N–H and O–H groups in total. The Kier molecular flexibility index (Phi) is 7.71. The summed E-state index contributed by atoms with van der Waals surface area (Å²) in [5.41, 5.74) is 4.44. The number of rotatable bonds is 5. The number of nitrogens with one attached hydrogen (secondary N) is 3. The second kappa shape index (κ2) is 10.5. The van der Waals surface area contributed by atoms with Crippen molar-refractivity contribution in [1.82, 2.24) is 10.7 Å². The molecule has 1 aliphatic carbocycles. The largest absolute Gasteiger partial charge is 0.355 e. The number of hydrazone groups is 1. The zero-order valence-corrected chi connectivity index (χ0v) is 18.1.